The third-order valence-corrected chi connectivity index (χ3v) is 4.00. The van der Waals surface area contributed by atoms with Crippen LogP contribution in [0.5, 0.6) is 0 Å². The predicted octanol–water partition coefficient (Wildman–Crippen LogP) is 3.12. The molecule has 0 aliphatic heterocycles. The van der Waals surface area contributed by atoms with Gasteiger partial charge >= 0.3 is 0 Å². The summed E-state index contributed by atoms with van der Waals surface area (Å²) >= 11 is 5.21. The maximum atomic E-state index is 12.6. The van der Waals surface area contributed by atoms with Gasteiger partial charge in [0, 0.05) is 22.7 Å². The van der Waals surface area contributed by atoms with E-state index in [-0.39, 0.29) is 5.78 Å². The smallest absolute Gasteiger partial charge is 0.214 e. The second kappa shape index (κ2) is 5.82. The number of carbonyl (C=O) groups excluding carboxylic acids is 1. The molecular weight excluding hydrogens is 320 g/mol. The highest BCUT2D eigenvalue weighted by Gasteiger charge is 2.28. The topological polar surface area (TPSA) is 66.4 Å². The van der Waals surface area contributed by atoms with Crippen molar-refractivity contribution in [3.63, 3.8) is 0 Å². The van der Waals surface area contributed by atoms with Gasteiger partial charge in [-0.25, -0.2) is 0 Å². The second-order valence-corrected chi connectivity index (χ2v) is 5.71. The zero-order chi connectivity index (χ0) is 16.5. The fourth-order valence-corrected chi connectivity index (χ4v) is 2.95. The standard InChI is InChI=1S/C18H12N4OS/c23-17-14-8-2-5-11-4-1-7-13(15(11)14)16(17)21-22-18(24)20-12-6-3-9-19-10-12/h1-10H,(H2,20,22,24). The van der Waals surface area contributed by atoms with Gasteiger partial charge in [0.15, 0.2) is 5.11 Å². The Balaban J connectivity index is 1.61. The molecule has 0 saturated carbocycles. The first-order valence-corrected chi connectivity index (χ1v) is 7.76. The van der Waals surface area contributed by atoms with E-state index < -0.39 is 0 Å². The normalized spacial score (nSPS) is 14.2. The van der Waals surface area contributed by atoms with Crippen LogP contribution in [0.3, 0.4) is 0 Å². The molecule has 0 unspecified atom stereocenters. The highest BCUT2D eigenvalue weighted by Crippen LogP contribution is 2.30. The molecule has 3 aromatic rings. The molecule has 24 heavy (non-hydrogen) atoms. The van der Waals surface area contributed by atoms with Gasteiger partial charge in [0.25, 0.3) is 0 Å². The van der Waals surface area contributed by atoms with E-state index in [9.17, 15) is 4.79 Å². The summed E-state index contributed by atoms with van der Waals surface area (Å²) in [5.74, 6) is -0.0986. The lowest BCUT2D eigenvalue weighted by Crippen LogP contribution is -2.26. The van der Waals surface area contributed by atoms with E-state index in [2.05, 4.69) is 20.8 Å². The molecule has 5 nitrogen and oxygen atoms in total. The summed E-state index contributed by atoms with van der Waals surface area (Å²) < 4.78 is 0. The first-order chi connectivity index (χ1) is 11.7. The van der Waals surface area contributed by atoms with E-state index >= 15 is 0 Å². The minimum atomic E-state index is -0.0986. The zero-order valence-corrected chi connectivity index (χ0v) is 13.3. The molecule has 0 fully saturated rings. The van der Waals surface area contributed by atoms with Crippen molar-refractivity contribution in [2.24, 2.45) is 5.10 Å². The van der Waals surface area contributed by atoms with Gasteiger partial charge < -0.3 is 5.32 Å². The highest BCUT2D eigenvalue weighted by molar-refractivity contribution is 7.80. The van der Waals surface area contributed by atoms with Crippen LogP contribution < -0.4 is 10.7 Å². The maximum absolute atomic E-state index is 12.6. The summed E-state index contributed by atoms with van der Waals surface area (Å²) in [5.41, 5.74) is 5.36. The van der Waals surface area contributed by atoms with Gasteiger partial charge in [-0.3, -0.25) is 15.2 Å². The molecule has 116 valence electrons. The van der Waals surface area contributed by atoms with Gasteiger partial charge in [0.05, 0.1) is 11.9 Å². The Bertz CT molecular complexity index is 993. The summed E-state index contributed by atoms with van der Waals surface area (Å²) in [7, 11) is 0. The SMILES string of the molecule is O=C1C(=NNC(=S)Nc2cccnc2)c2cccc3cccc1c23. The molecule has 0 atom stereocenters. The predicted molar refractivity (Wildman–Crippen MR) is 98.4 cm³/mol. The van der Waals surface area contributed by atoms with Crippen LogP contribution in [0.4, 0.5) is 5.69 Å². The van der Waals surface area contributed by atoms with E-state index in [1.165, 1.54) is 0 Å². The number of aromatic nitrogens is 1. The lowest BCUT2D eigenvalue weighted by molar-refractivity contribution is 0.106. The number of nitrogens with zero attached hydrogens (tertiary/aromatic N) is 2. The van der Waals surface area contributed by atoms with Crippen molar-refractivity contribution in [3.8, 4) is 0 Å². The van der Waals surface area contributed by atoms with Crippen LogP contribution >= 0.6 is 12.2 Å². The Morgan fingerprint density at radius 1 is 1.04 bits per heavy atom. The van der Waals surface area contributed by atoms with Crippen molar-refractivity contribution < 1.29 is 4.79 Å². The van der Waals surface area contributed by atoms with Crippen molar-refractivity contribution in [1.29, 1.82) is 0 Å². The lowest BCUT2D eigenvalue weighted by atomic mass is 10.1. The summed E-state index contributed by atoms with van der Waals surface area (Å²) in [6.07, 6.45) is 3.33. The number of hydrazone groups is 1. The Morgan fingerprint density at radius 3 is 2.58 bits per heavy atom. The van der Waals surface area contributed by atoms with Crippen molar-refractivity contribution in [3.05, 3.63) is 72.1 Å². The highest BCUT2D eigenvalue weighted by atomic mass is 32.1. The number of anilines is 1. The molecule has 4 rings (SSSR count). The number of pyridine rings is 1. The van der Waals surface area contributed by atoms with Crippen LogP contribution in [0.1, 0.15) is 15.9 Å². The molecular formula is C18H12N4OS. The Morgan fingerprint density at radius 2 is 1.83 bits per heavy atom. The molecule has 2 N–H and O–H groups in total. The zero-order valence-electron chi connectivity index (χ0n) is 12.5. The number of hydrogen-bond donors (Lipinski definition) is 2. The van der Waals surface area contributed by atoms with Gasteiger partial charge in [-0.1, -0.05) is 36.4 Å². The summed E-state index contributed by atoms with van der Waals surface area (Å²) in [5, 5.41) is 9.47. The van der Waals surface area contributed by atoms with Crippen molar-refractivity contribution >= 4 is 45.3 Å². The maximum Gasteiger partial charge on any atom is 0.214 e. The van der Waals surface area contributed by atoms with Crippen LogP contribution in [0.15, 0.2) is 66.0 Å². The third-order valence-electron chi connectivity index (χ3n) is 3.81. The van der Waals surface area contributed by atoms with Gasteiger partial charge in [0.2, 0.25) is 5.78 Å². The molecule has 0 saturated heterocycles. The third kappa shape index (κ3) is 2.43. The van der Waals surface area contributed by atoms with E-state index in [4.69, 9.17) is 12.2 Å². The van der Waals surface area contributed by atoms with Crippen LogP contribution in [0, 0.1) is 0 Å². The molecule has 1 aliphatic rings. The fraction of sp³-hybridized carbons (Fsp3) is 0. The molecule has 0 amide bonds. The van der Waals surface area contributed by atoms with E-state index in [0.717, 1.165) is 22.0 Å². The number of rotatable bonds is 2. The molecule has 1 aliphatic carbocycles. The fourth-order valence-electron chi connectivity index (χ4n) is 2.79. The van der Waals surface area contributed by atoms with Gasteiger partial charge in [-0.05, 0) is 29.7 Å². The number of benzene rings is 2. The molecule has 1 heterocycles. The van der Waals surface area contributed by atoms with Crippen LogP contribution in [-0.2, 0) is 0 Å². The second-order valence-electron chi connectivity index (χ2n) is 5.31. The molecule has 6 heteroatoms. The summed E-state index contributed by atoms with van der Waals surface area (Å²) in [4.78, 5) is 16.6. The Kier molecular flexibility index (Phi) is 3.51. The first-order valence-electron chi connectivity index (χ1n) is 7.35. The van der Waals surface area contributed by atoms with E-state index in [1.54, 1.807) is 18.5 Å². The number of nitrogens with one attached hydrogen (secondary N) is 2. The van der Waals surface area contributed by atoms with Crippen molar-refractivity contribution in [2.45, 2.75) is 0 Å². The van der Waals surface area contributed by atoms with Crippen molar-refractivity contribution in [2.75, 3.05) is 5.32 Å². The van der Waals surface area contributed by atoms with Gasteiger partial charge in [-0.2, -0.15) is 5.10 Å². The van der Waals surface area contributed by atoms with Gasteiger partial charge in [0.1, 0.15) is 5.71 Å². The average molecular weight is 332 g/mol. The minimum Gasteiger partial charge on any atom is -0.330 e. The number of Topliss-reactive ketones (excluding diaryl/α,β-unsaturated/α-hetero) is 1. The monoisotopic (exact) mass is 332 g/mol. The molecule has 1 aromatic heterocycles. The lowest BCUT2D eigenvalue weighted by Gasteiger charge is -2.07. The first kappa shape index (κ1) is 14.5. The van der Waals surface area contributed by atoms with Crippen molar-refractivity contribution in [1.82, 2.24) is 10.4 Å². The Hall–Kier alpha value is -3.12. The average Bonchev–Trinajstić information content (AvgIpc) is 2.88. The van der Waals surface area contributed by atoms with E-state index in [0.29, 0.717) is 16.4 Å². The summed E-state index contributed by atoms with van der Waals surface area (Å²) in [6, 6.07) is 15.1. The number of carbonyl (C=O) groups is 1. The number of ketones is 1. The Labute approximate surface area is 143 Å². The van der Waals surface area contributed by atoms with Crippen LogP contribution in [-0.4, -0.2) is 21.6 Å². The van der Waals surface area contributed by atoms with Crippen LogP contribution in [0.25, 0.3) is 10.8 Å². The van der Waals surface area contributed by atoms with Gasteiger partial charge in [-0.15, -0.1) is 0 Å². The summed E-state index contributed by atoms with van der Waals surface area (Å²) in [6.45, 7) is 0. The van der Waals surface area contributed by atoms with E-state index in [1.807, 2.05) is 42.5 Å². The molecule has 2 aromatic carbocycles. The quantitative estimate of drug-likeness (QED) is 0.557. The van der Waals surface area contributed by atoms with Crippen LogP contribution in [0.2, 0.25) is 0 Å². The largest absolute Gasteiger partial charge is 0.330 e. The molecule has 0 bridgehead atoms. The molecule has 0 spiro atoms. The number of thiocarbonyl (C=S) groups is 1. The number of hydrogen-bond acceptors (Lipinski definition) is 4. The molecule has 0 radical (unpaired) electrons. The minimum absolute atomic E-state index is 0.0986.